The third kappa shape index (κ3) is 6.04. The van der Waals surface area contributed by atoms with Crippen LogP contribution in [0.4, 0.5) is 0 Å². The Hall–Kier alpha value is -3.61. The number of aromatic nitrogens is 1. The Kier molecular flexibility index (Phi) is 8.46. The maximum absolute atomic E-state index is 12.6. The summed E-state index contributed by atoms with van der Waals surface area (Å²) < 4.78 is 11.7. The molecular formula is C27H32N2O5. The fraction of sp³-hybridized carbons (Fsp3) is 0.370. The minimum Gasteiger partial charge on any atom is -0.493 e. The first kappa shape index (κ1) is 25.0. The minimum absolute atomic E-state index is 0.220. The number of carboxylic acid groups (broad SMARTS) is 1. The minimum atomic E-state index is -1.01. The number of oxazole rings is 1. The molecule has 0 unspecified atom stereocenters. The molecular weight excluding hydrogens is 432 g/mol. The van der Waals surface area contributed by atoms with Crippen LogP contribution in [-0.2, 0) is 29.0 Å². The van der Waals surface area contributed by atoms with Gasteiger partial charge in [0.1, 0.15) is 17.6 Å². The van der Waals surface area contributed by atoms with Crippen LogP contribution in [0.15, 0.2) is 53.0 Å². The average Bonchev–Trinajstić information content (AvgIpc) is 3.19. The van der Waals surface area contributed by atoms with Crippen molar-refractivity contribution in [1.82, 2.24) is 9.88 Å². The Morgan fingerprint density at radius 2 is 2.09 bits per heavy atom. The lowest BCUT2D eigenvalue weighted by molar-refractivity contribution is -0.149. The second kappa shape index (κ2) is 11.5. The van der Waals surface area contributed by atoms with Crippen molar-refractivity contribution < 1.29 is 23.8 Å². The van der Waals surface area contributed by atoms with Gasteiger partial charge < -0.3 is 19.2 Å². The second-order valence-electron chi connectivity index (χ2n) is 8.26. The van der Waals surface area contributed by atoms with E-state index in [1.54, 1.807) is 18.2 Å². The molecule has 2 heterocycles. The lowest BCUT2D eigenvalue weighted by Crippen LogP contribution is -2.48. The zero-order valence-electron chi connectivity index (χ0n) is 20.2. The standard InChI is InChI=1S/C27H32N2O5/c1-5-7-8-10-25(30)29-17-21-15-22(12-11-20(21)16-24(29)27(31)32)33-14-13-23-19(4)34-26(28-23)18(3)9-6-2/h5,7-12,15,24H,6,13-14,16-17H2,1-4H3,(H,31,32)/b7-5+,10-8+,18-9+/t24-/m0/s1. The summed E-state index contributed by atoms with van der Waals surface area (Å²) >= 11 is 0. The molecule has 3 rings (SSSR count). The number of aryl methyl sites for hydroxylation is 1. The van der Waals surface area contributed by atoms with Crippen LogP contribution in [0, 0.1) is 6.92 Å². The van der Waals surface area contributed by atoms with E-state index >= 15 is 0 Å². The maximum atomic E-state index is 12.6. The summed E-state index contributed by atoms with van der Waals surface area (Å²) in [6, 6.07) is 4.72. The molecule has 1 aromatic carbocycles. The topological polar surface area (TPSA) is 92.9 Å². The van der Waals surface area contributed by atoms with Crippen LogP contribution in [-0.4, -0.2) is 39.5 Å². The number of hydrogen-bond donors (Lipinski definition) is 1. The van der Waals surface area contributed by atoms with Crippen LogP contribution in [0.3, 0.4) is 0 Å². The number of hydrogen-bond acceptors (Lipinski definition) is 5. The van der Waals surface area contributed by atoms with Crippen LogP contribution in [0.25, 0.3) is 5.57 Å². The van der Waals surface area contributed by atoms with Crippen LogP contribution in [0.1, 0.15) is 55.7 Å². The van der Waals surface area contributed by atoms with E-state index in [1.807, 2.05) is 39.0 Å². The van der Waals surface area contributed by atoms with Gasteiger partial charge in [0.2, 0.25) is 11.8 Å². The Balaban J connectivity index is 1.69. The van der Waals surface area contributed by atoms with Gasteiger partial charge in [-0.15, -0.1) is 0 Å². The second-order valence-corrected chi connectivity index (χ2v) is 8.26. The number of carbonyl (C=O) groups is 2. The van der Waals surface area contributed by atoms with Gasteiger partial charge in [0, 0.05) is 31.0 Å². The van der Waals surface area contributed by atoms with Crippen molar-refractivity contribution in [3.8, 4) is 5.75 Å². The molecule has 7 heteroatoms. The van der Waals surface area contributed by atoms with Crippen molar-refractivity contribution >= 4 is 17.4 Å². The Labute approximate surface area is 200 Å². The number of allylic oxidation sites excluding steroid dienone is 5. The average molecular weight is 465 g/mol. The van der Waals surface area contributed by atoms with Crippen molar-refractivity contribution in [3.05, 3.63) is 77.1 Å². The molecule has 180 valence electrons. The van der Waals surface area contributed by atoms with Gasteiger partial charge in [-0.3, -0.25) is 4.79 Å². The molecule has 0 saturated heterocycles. The number of aliphatic carboxylic acids is 1. The number of benzene rings is 1. The van der Waals surface area contributed by atoms with Gasteiger partial charge in [-0.05, 0) is 50.5 Å². The number of rotatable bonds is 9. The van der Waals surface area contributed by atoms with Crippen LogP contribution >= 0.6 is 0 Å². The molecule has 0 bridgehead atoms. The van der Waals surface area contributed by atoms with E-state index in [0.29, 0.717) is 24.7 Å². The van der Waals surface area contributed by atoms with Gasteiger partial charge >= 0.3 is 5.97 Å². The van der Waals surface area contributed by atoms with E-state index in [-0.39, 0.29) is 18.9 Å². The van der Waals surface area contributed by atoms with Crippen molar-refractivity contribution in [2.24, 2.45) is 0 Å². The third-order valence-corrected chi connectivity index (χ3v) is 5.77. The van der Waals surface area contributed by atoms with Crippen molar-refractivity contribution in [1.29, 1.82) is 0 Å². The molecule has 0 aliphatic carbocycles. The predicted molar refractivity (Wildman–Crippen MR) is 130 cm³/mol. The van der Waals surface area contributed by atoms with Gasteiger partial charge in [0.15, 0.2) is 0 Å². The van der Waals surface area contributed by atoms with Crippen molar-refractivity contribution in [2.45, 2.75) is 59.5 Å². The number of ether oxygens (including phenoxy) is 1. The Morgan fingerprint density at radius 3 is 2.79 bits per heavy atom. The summed E-state index contributed by atoms with van der Waals surface area (Å²) in [6.45, 7) is 8.46. The number of carbonyl (C=O) groups excluding carboxylic acids is 1. The van der Waals surface area contributed by atoms with E-state index in [9.17, 15) is 14.7 Å². The Bertz CT molecular complexity index is 1130. The number of amides is 1. The molecule has 7 nitrogen and oxygen atoms in total. The van der Waals surface area contributed by atoms with E-state index in [0.717, 1.165) is 34.6 Å². The molecule has 1 aromatic heterocycles. The molecule has 1 N–H and O–H groups in total. The summed E-state index contributed by atoms with van der Waals surface area (Å²) in [5.74, 6) is 0.766. The fourth-order valence-corrected chi connectivity index (χ4v) is 3.94. The van der Waals surface area contributed by atoms with Gasteiger partial charge in [-0.1, -0.05) is 37.3 Å². The lowest BCUT2D eigenvalue weighted by atomic mass is 9.93. The highest BCUT2D eigenvalue weighted by molar-refractivity contribution is 5.92. The molecule has 0 radical (unpaired) electrons. The van der Waals surface area contributed by atoms with Gasteiger partial charge in [-0.25, -0.2) is 9.78 Å². The number of fused-ring (bicyclic) bond motifs is 1. The normalized spacial score (nSPS) is 16.3. The summed E-state index contributed by atoms with van der Waals surface area (Å²) in [4.78, 5) is 30.4. The maximum Gasteiger partial charge on any atom is 0.326 e. The van der Waals surface area contributed by atoms with E-state index in [2.05, 4.69) is 18.0 Å². The first-order valence-corrected chi connectivity index (χ1v) is 11.5. The summed E-state index contributed by atoms with van der Waals surface area (Å²) in [5.41, 5.74) is 3.69. The molecule has 1 atom stereocenters. The van der Waals surface area contributed by atoms with Crippen LogP contribution < -0.4 is 4.74 Å². The zero-order valence-corrected chi connectivity index (χ0v) is 20.2. The van der Waals surface area contributed by atoms with E-state index in [4.69, 9.17) is 9.15 Å². The van der Waals surface area contributed by atoms with Gasteiger partial charge in [-0.2, -0.15) is 0 Å². The quantitative estimate of drug-likeness (QED) is 0.420. The Morgan fingerprint density at radius 1 is 1.29 bits per heavy atom. The first-order chi connectivity index (χ1) is 16.3. The first-order valence-electron chi connectivity index (χ1n) is 11.5. The molecule has 0 saturated carbocycles. The van der Waals surface area contributed by atoms with Crippen LogP contribution in [0.2, 0.25) is 0 Å². The molecule has 34 heavy (non-hydrogen) atoms. The molecule has 2 aromatic rings. The molecule has 1 aliphatic rings. The third-order valence-electron chi connectivity index (χ3n) is 5.77. The number of nitrogens with zero attached hydrogens (tertiary/aromatic N) is 2. The van der Waals surface area contributed by atoms with E-state index < -0.39 is 12.0 Å². The van der Waals surface area contributed by atoms with Gasteiger partial charge in [0.05, 0.1) is 12.3 Å². The summed E-state index contributed by atoms with van der Waals surface area (Å²) in [6.07, 6.45) is 10.4. The summed E-state index contributed by atoms with van der Waals surface area (Å²) in [5, 5.41) is 9.65. The molecule has 0 fully saturated rings. The highest BCUT2D eigenvalue weighted by Crippen LogP contribution is 2.28. The largest absolute Gasteiger partial charge is 0.493 e. The van der Waals surface area contributed by atoms with Crippen molar-refractivity contribution in [2.75, 3.05) is 6.61 Å². The molecule has 0 spiro atoms. The van der Waals surface area contributed by atoms with Crippen LogP contribution in [0.5, 0.6) is 5.75 Å². The molecule has 1 amide bonds. The smallest absolute Gasteiger partial charge is 0.326 e. The molecule has 1 aliphatic heterocycles. The fourth-order valence-electron chi connectivity index (χ4n) is 3.94. The summed E-state index contributed by atoms with van der Waals surface area (Å²) in [7, 11) is 0. The highest BCUT2D eigenvalue weighted by atomic mass is 16.5. The number of carboxylic acids is 1. The predicted octanol–water partition coefficient (Wildman–Crippen LogP) is 4.89. The monoisotopic (exact) mass is 464 g/mol. The SMILES string of the molecule is C/C=C/C=C/C(=O)N1Cc2cc(OCCc3nc(/C(C)=C/CC)oc3C)ccc2C[C@H]1C(=O)O. The van der Waals surface area contributed by atoms with Crippen molar-refractivity contribution in [3.63, 3.8) is 0 Å². The zero-order chi connectivity index (χ0) is 24.7. The highest BCUT2D eigenvalue weighted by Gasteiger charge is 2.33. The van der Waals surface area contributed by atoms with E-state index in [1.165, 1.54) is 11.0 Å². The van der Waals surface area contributed by atoms with Gasteiger partial charge in [0.25, 0.3) is 0 Å². The lowest BCUT2D eigenvalue weighted by Gasteiger charge is -2.34.